The highest BCUT2D eigenvalue weighted by Gasteiger charge is 2.43. The molecule has 1 aromatic rings. The van der Waals surface area contributed by atoms with Gasteiger partial charge in [0.15, 0.2) is 0 Å². The van der Waals surface area contributed by atoms with Gasteiger partial charge in [-0.15, -0.1) is 0 Å². The van der Waals surface area contributed by atoms with Gasteiger partial charge in [-0.05, 0) is 43.5 Å². The van der Waals surface area contributed by atoms with Crippen LogP contribution in [0.3, 0.4) is 0 Å². The Bertz CT molecular complexity index is 672. The Labute approximate surface area is 144 Å². The molecule has 7 heteroatoms. The van der Waals surface area contributed by atoms with Crippen molar-refractivity contribution >= 4 is 11.8 Å². The average Bonchev–Trinajstić information content (AvgIpc) is 2.97. The summed E-state index contributed by atoms with van der Waals surface area (Å²) in [6, 6.07) is 4.35. The van der Waals surface area contributed by atoms with Crippen molar-refractivity contribution < 1.29 is 22.8 Å². The summed E-state index contributed by atoms with van der Waals surface area (Å²) in [5.41, 5.74) is -0.568. The second kappa shape index (κ2) is 6.35. The lowest BCUT2D eigenvalue weighted by Gasteiger charge is -2.40. The predicted molar refractivity (Wildman–Crippen MR) is 85.9 cm³/mol. The van der Waals surface area contributed by atoms with Crippen molar-refractivity contribution in [2.24, 2.45) is 5.41 Å². The van der Waals surface area contributed by atoms with Gasteiger partial charge in [0.25, 0.3) is 5.91 Å². The molecule has 3 rings (SSSR count). The van der Waals surface area contributed by atoms with E-state index in [1.165, 1.54) is 12.1 Å². The molecule has 1 aromatic carbocycles. The minimum Gasteiger partial charge on any atom is -0.342 e. The van der Waals surface area contributed by atoms with E-state index in [1.807, 2.05) is 4.90 Å². The number of amides is 2. The van der Waals surface area contributed by atoms with Gasteiger partial charge in [-0.2, -0.15) is 13.2 Å². The van der Waals surface area contributed by atoms with Crippen molar-refractivity contribution in [2.45, 2.75) is 32.4 Å². The van der Waals surface area contributed by atoms with Gasteiger partial charge in [0, 0.05) is 44.1 Å². The van der Waals surface area contributed by atoms with Crippen LogP contribution in [-0.2, 0) is 11.0 Å². The van der Waals surface area contributed by atoms with Crippen LogP contribution >= 0.6 is 0 Å². The van der Waals surface area contributed by atoms with E-state index < -0.39 is 11.7 Å². The van der Waals surface area contributed by atoms with Crippen molar-refractivity contribution in [1.82, 2.24) is 9.80 Å². The molecule has 1 atom stereocenters. The molecule has 0 radical (unpaired) electrons. The largest absolute Gasteiger partial charge is 0.416 e. The zero-order valence-electron chi connectivity index (χ0n) is 14.1. The fourth-order valence-electron chi connectivity index (χ4n) is 3.90. The molecule has 0 bridgehead atoms. The van der Waals surface area contributed by atoms with E-state index in [0.29, 0.717) is 19.6 Å². The van der Waals surface area contributed by atoms with Crippen LogP contribution < -0.4 is 0 Å². The first kappa shape index (κ1) is 17.8. The van der Waals surface area contributed by atoms with Crippen LogP contribution in [-0.4, -0.2) is 47.8 Å². The molecule has 4 nitrogen and oxygen atoms in total. The first-order valence-corrected chi connectivity index (χ1v) is 8.42. The number of rotatable bonds is 1. The molecule has 25 heavy (non-hydrogen) atoms. The van der Waals surface area contributed by atoms with Crippen molar-refractivity contribution in [2.75, 3.05) is 26.2 Å². The van der Waals surface area contributed by atoms with Crippen LogP contribution in [0.25, 0.3) is 0 Å². The molecule has 1 unspecified atom stereocenters. The normalized spacial score (nSPS) is 24.0. The lowest BCUT2D eigenvalue weighted by molar-refractivity contribution is -0.137. The van der Waals surface area contributed by atoms with Crippen molar-refractivity contribution in [3.05, 3.63) is 35.4 Å². The number of hydrogen-bond donors (Lipinski definition) is 0. The maximum absolute atomic E-state index is 12.6. The monoisotopic (exact) mass is 354 g/mol. The summed E-state index contributed by atoms with van der Waals surface area (Å²) in [6.07, 6.45) is -1.70. The Hall–Kier alpha value is -2.05. The number of carbonyl (C=O) groups is 2. The summed E-state index contributed by atoms with van der Waals surface area (Å²) in [5, 5.41) is 0. The summed E-state index contributed by atoms with van der Waals surface area (Å²) in [4.78, 5) is 27.8. The van der Waals surface area contributed by atoms with Crippen LogP contribution in [0.1, 0.15) is 42.1 Å². The maximum atomic E-state index is 12.6. The van der Waals surface area contributed by atoms with Gasteiger partial charge >= 0.3 is 6.18 Å². The minimum absolute atomic E-state index is 0.0478. The fourth-order valence-corrected chi connectivity index (χ4v) is 3.90. The summed E-state index contributed by atoms with van der Waals surface area (Å²) < 4.78 is 37.9. The first-order chi connectivity index (χ1) is 11.7. The molecule has 2 aliphatic rings. The number of nitrogens with zero attached hydrogens (tertiary/aromatic N) is 2. The predicted octanol–water partition coefficient (Wildman–Crippen LogP) is 3.18. The lowest BCUT2D eigenvalue weighted by Crippen LogP contribution is -2.47. The lowest BCUT2D eigenvalue weighted by atomic mass is 9.79. The first-order valence-electron chi connectivity index (χ1n) is 8.42. The maximum Gasteiger partial charge on any atom is 0.416 e. The Balaban J connectivity index is 1.69. The standard InChI is InChI=1S/C18H21F3N2O2/c1-13(24)22-9-2-7-17(11-22)8-10-23(12-17)16(25)14-3-5-15(6-4-14)18(19,20)21/h3-6H,2,7-12H2,1H3. The Morgan fingerprint density at radius 1 is 1.00 bits per heavy atom. The molecule has 136 valence electrons. The van der Waals surface area contributed by atoms with E-state index >= 15 is 0 Å². The minimum atomic E-state index is -4.41. The van der Waals surface area contributed by atoms with Crippen LogP contribution in [0, 0.1) is 5.41 Å². The number of hydrogen-bond acceptors (Lipinski definition) is 2. The molecule has 2 saturated heterocycles. The number of piperidine rings is 1. The Kier molecular flexibility index (Phi) is 4.51. The zero-order valence-corrected chi connectivity index (χ0v) is 14.1. The zero-order chi connectivity index (χ0) is 18.2. The SMILES string of the molecule is CC(=O)N1CCCC2(CCN(C(=O)c3ccc(C(F)(F)F)cc3)C2)C1. The third-order valence-electron chi connectivity index (χ3n) is 5.29. The molecule has 0 saturated carbocycles. The summed E-state index contributed by atoms with van der Waals surface area (Å²) >= 11 is 0. The van der Waals surface area contributed by atoms with Gasteiger partial charge in [0.1, 0.15) is 0 Å². The number of halogens is 3. The van der Waals surface area contributed by atoms with Gasteiger partial charge in [-0.1, -0.05) is 0 Å². The van der Waals surface area contributed by atoms with E-state index in [4.69, 9.17) is 0 Å². The van der Waals surface area contributed by atoms with Gasteiger partial charge in [0.05, 0.1) is 5.56 Å². The Morgan fingerprint density at radius 3 is 2.24 bits per heavy atom. The highest BCUT2D eigenvalue weighted by Crippen LogP contribution is 2.39. The van der Waals surface area contributed by atoms with E-state index in [1.54, 1.807) is 11.8 Å². The van der Waals surface area contributed by atoms with Crippen LogP contribution in [0.5, 0.6) is 0 Å². The molecule has 2 aliphatic heterocycles. The van der Waals surface area contributed by atoms with E-state index in [9.17, 15) is 22.8 Å². The molecule has 0 aromatic heterocycles. The van der Waals surface area contributed by atoms with Crippen LogP contribution in [0.2, 0.25) is 0 Å². The molecule has 2 fully saturated rings. The number of likely N-dealkylation sites (tertiary alicyclic amines) is 2. The smallest absolute Gasteiger partial charge is 0.342 e. The van der Waals surface area contributed by atoms with Gasteiger partial charge in [0.2, 0.25) is 5.91 Å². The van der Waals surface area contributed by atoms with Crippen molar-refractivity contribution in [3.8, 4) is 0 Å². The highest BCUT2D eigenvalue weighted by atomic mass is 19.4. The molecular weight excluding hydrogens is 333 g/mol. The van der Waals surface area contributed by atoms with E-state index in [-0.39, 0.29) is 22.8 Å². The highest BCUT2D eigenvalue weighted by molar-refractivity contribution is 5.94. The summed E-state index contributed by atoms with van der Waals surface area (Å²) in [5.74, 6) is -0.197. The molecule has 2 amide bonds. The quantitative estimate of drug-likeness (QED) is 0.777. The van der Waals surface area contributed by atoms with Gasteiger partial charge < -0.3 is 9.80 Å². The third kappa shape index (κ3) is 3.65. The van der Waals surface area contributed by atoms with E-state index in [2.05, 4.69) is 0 Å². The Morgan fingerprint density at radius 2 is 1.64 bits per heavy atom. The molecule has 0 N–H and O–H groups in total. The molecule has 0 aliphatic carbocycles. The number of carbonyl (C=O) groups excluding carboxylic acids is 2. The van der Waals surface area contributed by atoms with Gasteiger partial charge in [-0.3, -0.25) is 9.59 Å². The second-order valence-corrected chi connectivity index (χ2v) is 7.10. The van der Waals surface area contributed by atoms with Gasteiger partial charge in [-0.25, -0.2) is 0 Å². The number of alkyl halides is 3. The molecular formula is C18H21F3N2O2. The second-order valence-electron chi connectivity index (χ2n) is 7.10. The fraction of sp³-hybridized carbons (Fsp3) is 0.556. The van der Waals surface area contributed by atoms with Crippen LogP contribution in [0.15, 0.2) is 24.3 Å². The number of benzene rings is 1. The molecule has 2 heterocycles. The van der Waals surface area contributed by atoms with Crippen LogP contribution in [0.4, 0.5) is 13.2 Å². The molecule has 1 spiro atoms. The topological polar surface area (TPSA) is 40.6 Å². The van der Waals surface area contributed by atoms with Crippen molar-refractivity contribution in [3.63, 3.8) is 0 Å². The third-order valence-corrected chi connectivity index (χ3v) is 5.29. The average molecular weight is 354 g/mol. The van der Waals surface area contributed by atoms with E-state index in [0.717, 1.165) is 37.9 Å². The summed E-state index contributed by atoms with van der Waals surface area (Å²) in [7, 11) is 0. The van der Waals surface area contributed by atoms with Crippen molar-refractivity contribution in [1.29, 1.82) is 0 Å². The summed E-state index contributed by atoms with van der Waals surface area (Å²) in [6.45, 7) is 4.09.